The van der Waals surface area contributed by atoms with Crippen LogP contribution in [0.2, 0.25) is 0 Å². The fourth-order valence-electron chi connectivity index (χ4n) is 1.54. The maximum absolute atomic E-state index is 8.95. The molecule has 0 amide bonds. The van der Waals surface area contributed by atoms with Crippen molar-refractivity contribution in [2.45, 2.75) is 27.2 Å². The molecule has 0 unspecified atom stereocenters. The lowest BCUT2D eigenvalue weighted by molar-refractivity contribution is 0.252. The third-order valence-electron chi connectivity index (χ3n) is 3.02. The summed E-state index contributed by atoms with van der Waals surface area (Å²) in [6.45, 7) is 5.88. The molecule has 1 N–H and O–H groups in total. The van der Waals surface area contributed by atoms with Crippen LogP contribution in [-0.4, -0.2) is 24.6 Å². The van der Waals surface area contributed by atoms with Gasteiger partial charge in [-0.1, -0.05) is 5.16 Å². The molecule has 0 spiro atoms. The molecule has 0 aromatic heterocycles. The Balaban J connectivity index is 2.79. The molecule has 1 aromatic carbocycles. The molecule has 1 aromatic rings. The quantitative estimate of drug-likeness (QED) is 0.492. The highest BCUT2D eigenvalue weighted by Crippen LogP contribution is 2.29. The largest absolute Gasteiger partial charge is 0.493 e. The summed E-state index contributed by atoms with van der Waals surface area (Å²) < 4.78 is 10.9. The SMILES string of the molecule is COc1cc(C(C)=NO)ccc1OCCC(C)(C)C#N. The third-order valence-corrected chi connectivity index (χ3v) is 3.02. The zero-order chi connectivity index (χ0) is 15.2. The lowest BCUT2D eigenvalue weighted by Gasteiger charge is -2.16. The Morgan fingerprint density at radius 3 is 2.65 bits per heavy atom. The van der Waals surface area contributed by atoms with E-state index in [1.165, 1.54) is 0 Å². The van der Waals surface area contributed by atoms with Crippen molar-refractivity contribution < 1.29 is 14.7 Å². The second kappa shape index (κ2) is 6.80. The van der Waals surface area contributed by atoms with Crippen molar-refractivity contribution in [3.63, 3.8) is 0 Å². The lowest BCUT2D eigenvalue weighted by atomic mass is 9.92. The van der Waals surface area contributed by atoms with E-state index < -0.39 is 5.41 Å². The minimum Gasteiger partial charge on any atom is -0.493 e. The van der Waals surface area contributed by atoms with Gasteiger partial charge in [-0.15, -0.1) is 0 Å². The molecule has 0 saturated carbocycles. The van der Waals surface area contributed by atoms with Crippen molar-refractivity contribution in [1.82, 2.24) is 0 Å². The number of nitriles is 1. The van der Waals surface area contributed by atoms with Crippen LogP contribution in [0.3, 0.4) is 0 Å². The second-order valence-corrected chi connectivity index (χ2v) is 5.15. The minimum absolute atomic E-state index is 0.409. The van der Waals surface area contributed by atoms with E-state index in [0.29, 0.717) is 30.2 Å². The molecule has 5 nitrogen and oxygen atoms in total. The first kappa shape index (κ1) is 15.8. The molecule has 0 fully saturated rings. The molecular weight excluding hydrogens is 256 g/mol. The summed E-state index contributed by atoms with van der Waals surface area (Å²) in [7, 11) is 1.55. The van der Waals surface area contributed by atoms with Crippen molar-refractivity contribution in [1.29, 1.82) is 5.26 Å². The number of benzene rings is 1. The first-order chi connectivity index (χ1) is 9.43. The van der Waals surface area contributed by atoms with Gasteiger partial charge in [0.25, 0.3) is 0 Å². The van der Waals surface area contributed by atoms with E-state index >= 15 is 0 Å². The Hall–Kier alpha value is -2.22. The number of nitrogens with zero attached hydrogens (tertiary/aromatic N) is 2. The summed E-state index contributed by atoms with van der Waals surface area (Å²) in [5.41, 5.74) is 0.849. The average molecular weight is 276 g/mol. The molecular formula is C15H20N2O3. The second-order valence-electron chi connectivity index (χ2n) is 5.15. The van der Waals surface area contributed by atoms with Crippen LogP contribution < -0.4 is 9.47 Å². The number of methoxy groups -OCH3 is 1. The smallest absolute Gasteiger partial charge is 0.161 e. The van der Waals surface area contributed by atoms with Crippen molar-refractivity contribution in [3.05, 3.63) is 23.8 Å². The van der Waals surface area contributed by atoms with Crippen LogP contribution in [0.4, 0.5) is 0 Å². The summed E-state index contributed by atoms with van der Waals surface area (Å²) in [4.78, 5) is 0. The summed E-state index contributed by atoms with van der Waals surface area (Å²) in [5.74, 6) is 1.18. The summed E-state index contributed by atoms with van der Waals surface area (Å²) in [6.07, 6.45) is 0.630. The van der Waals surface area contributed by atoms with Gasteiger partial charge in [-0.3, -0.25) is 0 Å². The van der Waals surface area contributed by atoms with Gasteiger partial charge in [0.15, 0.2) is 11.5 Å². The zero-order valence-electron chi connectivity index (χ0n) is 12.3. The first-order valence-electron chi connectivity index (χ1n) is 6.34. The molecule has 0 bridgehead atoms. The van der Waals surface area contributed by atoms with Gasteiger partial charge in [0.2, 0.25) is 0 Å². The number of rotatable bonds is 6. The Kier molecular flexibility index (Phi) is 5.39. The molecule has 0 aliphatic carbocycles. The van der Waals surface area contributed by atoms with Gasteiger partial charge in [-0.05, 0) is 45.4 Å². The molecule has 0 aliphatic rings. The van der Waals surface area contributed by atoms with Crippen molar-refractivity contribution in [3.8, 4) is 17.6 Å². The van der Waals surface area contributed by atoms with Gasteiger partial charge in [0, 0.05) is 5.56 Å². The van der Waals surface area contributed by atoms with Crippen LogP contribution >= 0.6 is 0 Å². The van der Waals surface area contributed by atoms with E-state index in [4.69, 9.17) is 19.9 Å². The Labute approximate surface area is 119 Å². The number of hydrogen-bond acceptors (Lipinski definition) is 5. The third kappa shape index (κ3) is 4.16. The molecule has 0 radical (unpaired) electrons. The highest BCUT2D eigenvalue weighted by Gasteiger charge is 2.17. The van der Waals surface area contributed by atoms with Crippen molar-refractivity contribution in [2.75, 3.05) is 13.7 Å². The van der Waals surface area contributed by atoms with E-state index in [2.05, 4.69) is 11.2 Å². The maximum atomic E-state index is 8.95. The summed E-state index contributed by atoms with van der Waals surface area (Å²) in [6, 6.07) is 7.54. The summed E-state index contributed by atoms with van der Waals surface area (Å²) >= 11 is 0. The molecule has 108 valence electrons. The van der Waals surface area contributed by atoms with E-state index in [0.717, 1.165) is 5.56 Å². The standard InChI is InChI=1S/C15H20N2O3/c1-11(17-18)12-5-6-13(14(9-12)19-4)20-8-7-15(2,3)10-16/h5-6,9,18H,7-8H2,1-4H3. The fraction of sp³-hybridized carbons (Fsp3) is 0.467. The van der Waals surface area contributed by atoms with Crippen LogP contribution in [0.25, 0.3) is 0 Å². The predicted molar refractivity (Wildman–Crippen MR) is 76.5 cm³/mol. The van der Waals surface area contributed by atoms with Gasteiger partial charge >= 0.3 is 0 Å². The van der Waals surface area contributed by atoms with E-state index in [9.17, 15) is 0 Å². The maximum Gasteiger partial charge on any atom is 0.161 e. The number of ether oxygens (including phenoxy) is 2. The number of oxime groups is 1. The van der Waals surface area contributed by atoms with E-state index in [1.54, 1.807) is 32.2 Å². The normalized spacial score (nSPS) is 11.8. The predicted octanol–water partition coefficient (Wildman–Crippen LogP) is 3.21. The van der Waals surface area contributed by atoms with Gasteiger partial charge in [-0.25, -0.2) is 0 Å². The van der Waals surface area contributed by atoms with Crippen LogP contribution in [0.5, 0.6) is 11.5 Å². The van der Waals surface area contributed by atoms with Crippen LogP contribution in [0.1, 0.15) is 32.8 Å². The Morgan fingerprint density at radius 2 is 2.10 bits per heavy atom. The molecule has 0 saturated heterocycles. The topological polar surface area (TPSA) is 74.8 Å². The van der Waals surface area contributed by atoms with Crippen molar-refractivity contribution in [2.24, 2.45) is 10.6 Å². The minimum atomic E-state index is -0.409. The fourth-order valence-corrected chi connectivity index (χ4v) is 1.54. The lowest BCUT2D eigenvalue weighted by Crippen LogP contribution is -2.13. The van der Waals surface area contributed by atoms with Gasteiger partial charge < -0.3 is 14.7 Å². The molecule has 5 heteroatoms. The number of hydrogen-bond donors (Lipinski definition) is 1. The van der Waals surface area contributed by atoms with Crippen LogP contribution in [0.15, 0.2) is 23.4 Å². The monoisotopic (exact) mass is 276 g/mol. The molecule has 20 heavy (non-hydrogen) atoms. The van der Waals surface area contributed by atoms with Gasteiger partial charge in [-0.2, -0.15) is 5.26 Å². The van der Waals surface area contributed by atoms with E-state index in [1.807, 2.05) is 13.8 Å². The summed E-state index contributed by atoms with van der Waals surface area (Å²) in [5, 5.41) is 20.9. The van der Waals surface area contributed by atoms with Crippen molar-refractivity contribution >= 4 is 5.71 Å². The Morgan fingerprint density at radius 1 is 1.40 bits per heavy atom. The molecule has 0 aliphatic heterocycles. The van der Waals surface area contributed by atoms with Crippen LogP contribution in [0, 0.1) is 16.7 Å². The Bertz CT molecular complexity index is 530. The highest BCUT2D eigenvalue weighted by molar-refractivity contribution is 5.98. The molecule has 0 atom stereocenters. The molecule has 1 rings (SSSR count). The molecule has 0 heterocycles. The zero-order valence-corrected chi connectivity index (χ0v) is 12.3. The average Bonchev–Trinajstić information content (AvgIpc) is 2.46. The van der Waals surface area contributed by atoms with Gasteiger partial charge in [0.05, 0.1) is 30.9 Å². The van der Waals surface area contributed by atoms with Crippen LogP contribution in [-0.2, 0) is 0 Å². The van der Waals surface area contributed by atoms with Gasteiger partial charge in [0.1, 0.15) is 0 Å². The highest BCUT2D eigenvalue weighted by atomic mass is 16.5. The van der Waals surface area contributed by atoms with E-state index in [-0.39, 0.29) is 0 Å². The first-order valence-corrected chi connectivity index (χ1v) is 6.34.